The maximum absolute atomic E-state index is 13.5. The topological polar surface area (TPSA) is 132 Å². The zero-order valence-corrected chi connectivity index (χ0v) is 21.6. The summed E-state index contributed by atoms with van der Waals surface area (Å²) in [6.45, 7) is 3.77. The van der Waals surface area contributed by atoms with Crippen molar-refractivity contribution in [1.29, 1.82) is 5.26 Å². The number of phenols is 1. The van der Waals surface area contributed by atoms with Gasteiger partial charge in [-0.25, -0.2) is 4.79 Å². The van der Waals surface area contributed by atoms with Gasteiger partial charge in [0.05, 0.1) is 25.3 Å². The minimum Gasteiger partial charge on any atom is -0.504 e. The van der Waals surface area contributed by atoms with E-state index < -0.39 is 30.1 Å². The molecule has 38 heavy (non-hydrogen) atoms. The summed E-state index contributed by atoms with van der Waals surface area (Å²) in [5.74, 6) is 1.36. The number of piperazine rings is 1. The molecule has 0 spiro atoms. The van der Waals surface area contributed by atoms with Crippen molar-refractivity contribution in [3.63, 3.8) is 0 Å². The predicted molar refractivity (Wildman–Crippen MR) is 131 cm³/mol. The summed E-state index contributed by atoms with van der Waals surface area (Å²) in [4.78, 5) is 15.4. The molecule has 2 bridgehead atoms. The first kappa shape index (κ1) is 24.6. The number of ether oxygens (including phenoxy) is 6. The molecule has 4 aliphatic rings. The average Bonchev–Trinajstić information content (AvgIpc) is 3.39. The number of aryl methyl sites for hydroxylation is 1. The Morgan fingerprint density at radius 3 is 2.74 bits per heavy atom. The van der Waals surface area contributed by atoms with Crippen LogP contribution in [0.5, 0.6) is 28.7 Å². The van der Waals surface area contributed by atoms with E-state index in [1.54, 1.807) is 6.07 Å². The molecule has 6 rings (SSSR count). The number of nitriles is 1. The SMILES string of the molecule is COCOc1cc(C2C(=O)OCC3C4NC(Cc5cc(C)c(OC)c(O)c54)[C@H](C#N)N23)c2c(c1C)OCO2. The Balaban J connectivity index is 1.50. The van der Waals surface area contributed by atoms with E-state index in [9.17, 15) is 15.2 Å². The van der Waals surface area contributed by atoms with Gasteiger partial charge in [0.15, 0.2) is 29.8 Å². The van der Waals surface area contributed by atoms with E-state index >= 15 is 0 Å². The average molecular weight is 524 g/mol. The second kappa shape index (κ2) is 9.23. The van der Waals surface area contributed by atoms with Crippen LogP contribution in [-0.4, -0.2) is 68.5 Å². The molecule has 2 N–H and O–H groups in total. The standard InChI is InChI=1S/C27H29N3O8/c1-12-5-14-6-16-17(8-28)30-18(21(29-16)20(14)23(31)24(12)34-4)9-35-27(32)22(30)15-7-19(36-10-33-3)13(2)25-26(15)38-11-37-25/h5,7,16-18,21-22,29,31H,6,9-11H2,1-4H3/t16?,17-,18?,21?,22?/m0/s1. The number of rotatable bonds is 5. The lowest BCUT2D eigenvalue weighted by molar-refractivity contribution is -0.171. The van der Waals surface area contributed by atoms with Crippen LogP contribution in [0.3, 0.4) is 0 Å². The number of morpholine rings is 1. The van der Waals surface area contributed by atoms with Crippen LogP contribution in [0.25, 0.3) is 0 Å². The third-order valence-electron chi connectivity index (χ3n) is 7.93. The molecule has 11 heteroatoms. The number of hydrogen-bond acceptors (Lipinski definition) is 11. The number of fused-ring (bicyclic) bond motifs is 7. The number of aromatic hydroxyl groups is 1. The molecule has 2 fully saturated rings. The summed E-state index contributed by atoms with van der Waals surface area (Å²) in [5, 5.41) is 25.2. The molecule has 4 unspecified atom stereocenters. The number of methoxy groups -OCH3 is 2. The van der Waals surface area contributed by atoms with Gasteiger partial charge in [0.1, 0.15) is 24.4 Å². The van der Waals surface area contributed by atoms with Crippen molar-refractivity contribution < 1.29 is 38.3 Å². The maximum atomic E-state index is 13.5. The zero-order valence-electron chi connectivity index (χ0n) is 21.6. The van der Waals surface area contributed by atoms with Crippen molar-refractivity contribution in [3.8, 4) is 34.8 Å². The van der Waals surface area contributed by atoms with Crippen molar-refractivity contribution in [2.24, 2.45) is 0 Å². The first-order chi connectivity index (χ1) is 18.4. The molecule has 0 amide bonds. The van der Waals surface area contributed by atoms with Crippen LogP contribution in [0.1, 0.15) is 39.9 Å². The number of carbonyl (C=O) groups excluding carboxylic acids is 1. The number of nitrogens with one attached hydrogen (secondary N) is 1. The third-order valence-corrected chi connectivity index (χ3v) is 7.93. The minimum atomic E-state index is -0.956. The van der Waals surface area contributed by atoms with Gasteiger partial charge in [-0.3, -0.25) is 4.90 Å². The highest BCUT2D eigenvalue weighted by Crippen LogP contribution is 2.52. The van der Waals surface area contributed by atoms with Crippen LogP contribution in [0.4, 0.5) is 0 Å². The predicted octanol–water partition coefficient (Wildman–Crippen LogP) is 2.16. The number of carbonyl (C=O) groups is 1. The van der Waals surface area contributed by atoms with Crippen LogP contribution in [-0.2, 0) is 20.7 Å². The molecule has 2 aromatic carbocycles. The van der Waals surface area contributed by atoms with Gasteiger partial charge in [0.25, 0.3) is 0 Å². The summed E-state index contributed by atoms with van der Waals surface area (Å²) in [7, 11) is 3.04. The molecule has 4 aliphatic heterocycles. The van der Waals surface area contributed by atoms with Gasteiger partial charge in [-0.1, -0.05) is 6.07 Å². The van der Waals surface area contributed by atoms with Crippen LogP contribution < -0.4 is 24.3 Å². The van der Waals surface area contributed by atoms with Gasteiger partial charge >= 0.3 is 5.97 Å². The molecular weight excluding hydrogens is 494 g/mol. The Morgan fingerprint density at radius 2 is 2.00 bits per heavy atom. The fourth-order valence-electron chi connectivity index (χ4n) is 6.36. The molecule has 0 radical (unpaired) electrons. The van der Waals surface area contributed by atoms with E-state index in [2.05, 4.69) is 11.4 Å². The molecule has 2 aromatic rings. The molecule has 11 nitrogen and oxygen atoms in total. The molecule has 200 valence electrons. The number of cyclic esters (lactones) is 1. The van der Waals surface area contributed by atoms with Crippen LogP contribution in [0.15, 0.2) is 12.1 Å². The van der Waals surface area contributed by atoms with E-state index in [1.807, 2.05) is 24.8 Å². The zero-order chi connectivity index (χ0) is 26.7. The summed E-state index contributed by atoms with van der Waals surface area (Å²) in [6.07, 6.45) is 0.501. The second-order valence-corrected chi connectivity index (χ2v) is 9.93. The highest BCUT2D eigenvalue weighted by molar-refractivity contribution is 5.81. The molecule has 0 aromatic heterocycles. The van der Waals surface area contributed by atoms with Gasteiger partial charge < -0.3 is 38.8 Å². The van der Waals surface area contributed by atoms with Crippen molar-refractivity contribution in [2.45, 2.75) is 50.5 Å². The van der Waals surface area contributed by atoms with E-state index in [4.69, 9.17) is 28.4 Å². The molecule has 0 aliphatic carbocycles. The first-order valence-corrected chi connectivity index (χ1v) is 12.4. The van der Waals surface area contributed by atoms with Crippen molar-refractivity contribution in [2.75, 3.05) is 34.4 Å². The quantitative estimate of drug-likeness (QED) is 0.441. The largest absolute Gasteiger partial charge is 0.504 e. The smallest absolute Gasteiger partial charge is 0.328 e. The third kappa shape index (κ3) is 3.48. The van der Waals surface area contributed by atoms with Gasteiger partial charge in [-0.2, -0.15) is 5.26 Å². The molecule has 0 saturated carbocycles. The lowest BCUT2D eigenvalue weighted by Crippen LogP contribution is -2.69. The van der Waals surface area contributed by atoms with Gasteiger partial charge in [-0.15, -0.1) is 0 Å². The summed E-state index contributed by atoms with van der Waals surface area (Å²) in [5.41, 5.74) is 3.68. The highest BCUT2D eigenvalue weighted by Gasteiger charge is 2.55. The Hall–Kier alpha value is -3.72. The van der Waals surface area contributed by atoms with Gasteiger partial charge in [0.2, 0.25) is 6.79 Å². The van der Waals surface area contributed by atoms with Crippen LogP contribution in [0, 0.1) is 25.2 Å². The van der Waals surface area contributed by atoms with E-state index in [0.717, 1.165) is 11.1 Å². The van der Waals surface area contributed by atoms with E-state index in [-0.39, 0.29) is 32.0 Å². The normalized spacial score (nSPS) is 27.1. The van der Waals surface area contributed by atoms with Crippen LogP contribution >= 0.6 is 0 Å². The summed E-state index contributed by atoms with van der Waals surface area (Å²) >= 11 is 0. The highest BCUT2D eigenvalue weighted by atomic mass is 16.7. The number of benzene rings is 2. The number of phenolic OH excluding ortho intramolecular Hbond substituents is 1. The lowest BCUT2D eigenvalue weighted by Gasteiger charge is -2.55. The van der Waals surface area contributed by atoms with Crippen LogP contribution in [0.2, 0.25) is 0 Å². The van der Waals surface area contributed by atoms with Gasteiger partial charge in [-0.05, 0) is 37.5 Å². The molecule has 2 saturated heterocycles. The second-order valence-electron chi connectivity index (χ2n) is 9.93. The Kier molecular flexibility index (Phi) is 5.98. The Morgan fingerprint density at radius 1 is 1.21 bits per heavy atom. The maximum Gasteiger partial charge on any atom is 0.328 e. The Labute approximate surface area is 219 Å². The van der Waals surface area contributed by atoms with Crippen molar-refractivity contribution in [1.82, 2.24) is 10.2 Å². The van der Waals surface area contributed by atoms with Crippen molar-refractivity contribution >= 4 is 5.97 Å². The number of esters is 1. The van der Waals surface area contributed by atoms with Gasteiger partial charge in [0, 0.05) is 29.8 Å². The number of hydrogen-bond donors (Lipinski definition) is 2. The summed E-state index contributed by atoms with van der Waals surface area (Å²) in [6, 6.07) is 3.43. The van der Waals surface area contributed by atoms with E-state index in [1.165, 1.54) is 14.2 Å². The van der Waals surface area contributed by atoms with Crippen molar-refractivity contribution in [3.05, 3.63) is 39.9 Å². The lowest BCUT2D eigenvalue weighted by atomic mass is 9.77. The molecule has 4 heterocycles. The Bertz CT molecular complexity index is 1360. The first-order valence-electron chi connectivity index (χ1n) is 12.4. The molecule has 5 atom stereocenters. The fraction of sp³-hybridized carbons (Fsp3) is 0.481. The number of nitrogens with zero attached hydrogens (tertiary/aromatic N) is 2. The fourth-order valence-corrected chi connectivity index (χ4v) is 6.36. The minimum absolute atomic E-state index is 0.00300. The van der Waals surface area contributed by atoms with E-state index in [0.29, 0.717) is 46.1 Å². The molecular formula is C27H29N3O8. The monoisotopic (exact) mass is 523 g/mol. The summed E-state index contributed by atoms with van der Waals surface area (Å²) < 4.78 is 33.7.